The largest absolute Gasteiger partial charge is 0.466 e. The zero-order valence-corrected chi connectivity index (χ0v) is 20.6. The van der Waals surface area contributed by atoms with Crippen LogP contribution in [0.25, 0.3) is 0 Å². The van der Waals surface area contributed by atoms with Gasteiger partial charge in [-0.25, -0.2) is 0 Å². The molecule has 1 heterocycles. The standard InChI is InChI=1S/C23H40O5Si/c1-9-26-20(25)23-13-15(28-29(7,8)21(2,3)4)12-22(5,6)18(23)11-10-16-17(23)14-27-19(16)24/h15-18H,9-14H2,1-8H3/t15-,16-,17-,18-,23-/m0/s1. The van der Waals surface area contributed by atoms with Gasteiger partial charge in [0.05, 0.1) is 24.5 Å². The number of hydrogen-bond donors (Lipinski definition) is 0. The van der Waals surface area contributed by atoms with Crippen molar-refractivity contribution in [2.24, 2.45) is 28.6 Å². The molecule has 0 aromatic heterocycles. The van der Waals surface area contributed by atoms with E-state index in [1.807, 2.05) is 6.92 Å². The van der Waals surface area contributed by atoms with Crippen molar-refractivity contribution in [1.29, 1.82) is 0 Å². The smallest absolute Gasteiger partial charge is 0.312 e. The fraction of sp³-hybridized carbons (Fsp3) is 0.913. The molecule has 3 fully saturated rings. The highest BCUT2D eigenvalue weighted by atomic mass is 28.4. The Kier molecular flexibility index (Phi) is 5.79. The molecule has 166 valence electrons. The Morgan fingerprint density at radius 1 is 1.21 bits per heavy atom. The van der Waals surface area contributed by atoms with Gasteiger partial charge in [-0.3, -0.25) is 9.59 Å². The second kappa shape index (κ2) is 7.36. The number of rotatable bonds is 4. The van der Waals surface area contributed by atoms with Gasteiger partial charge in [0, 0.05) is 12.0 Å². The number of fused-ring (bicyclic) bond motifs is 3. The molecule has 5 atom stereocenters. The fourth-order valence-corrected chi connectivity index (χ4v) is 7.48. The van der Waals surface area contributed by atoms with Gasteiger partial charge in [-0.1, -0.05) is 34.6 Å². The van der Waals surface area contributed by atoms with E-state index in [-0.39, 0.29) is 46.2 Å². The number of carbonyl (C=O) groups is 2. The monoisotopic (exact) mass is 424 g/mol. The van der Waals surface area contributed by atoms with Crippen LogP contribution in [0, 0.1) is 28.6 Å². The second-order valence-electron chi connectivity index (χ2n) is 11.6. The maximum absolute atomic E-state index is 13.6. The van der Waals surface area contributed by atoms with Gasteiger partial charge >= 0.3 is 11.9 Å². The van der Waals surface area contributed by atoms with E-state index in [9.17, 15) is 9.59 Å². The van der Waals surface area contributed by atoms with E-state index in [0.29, 0.717) is 19.6 Å². The van der Waals surface area contributed by atoms with Gasteiger partial charge < -0.3 is 13.9 Å². The van der Waals surface area contributed by atoms with Crippen LogP contribution >= 0.6 is 0 Å². The van der Waals surface area contributed by atoms with Crippen LogP contribution in [0.15, 0.2) is 0 Å². The lowest BCUT2D eigenvalue weighted by atomic mass is 9.45. The second-order valence-corrected chi connectivity index (χ2v) is 16.4. The Bertz CT molecular complexity index is 665. The number of hydrogen-bond acceptors (Lipinski definition) is 5. The van der Waals surface area contributed by atoms with Crippen LogP contribution in [0.3, 0.4) is 0 Å². The van der Waals surface area contributed by atoms with Crippen molar-refractivity contribution >= 4 is 20.3 Å². The average molecular weight is 425 g/mol. The molecule has 0 spiro atoms. The molecule has 5 nitrogen and oxygen atoms in total. The average Bonchev–Trinajstić information content (AvgIpc) is 2.94. The Labute approximate surface area is 177 Å². The van der Waals surface area contributed by atoms with Gasteiger partial charge in [0.25, 0.3) is 0 Å². The molecule has 1 saturated heterocycles. The molecule has 2 aliphatic carbocycles. The van der Waals surface area contributed by atoms with Gasteiger partial charge in [-0.2, -0.15) is 0 Å². The molecular weight excluding hydrogens is 384 g/mol. The maximum atomic E-state index is 13.6. The fourth-order valence-electron chi connectivity index (χ4n) is 6.13. The third kappa shape index (κ3) is 3.69. The summed E-state index contributed by atoms with van der Waals surface area (Å²) < 4.78 is 18.0. The molecule has 2 saturated carbocycles. The summed E-state index contributed by atoms with van der Waals surface area (Å²) >= 11 is 0. The molecule has 0 aromatic rings. The zero-order valence-electron chi connectivity index (χ0n) is 19.6. The van der Waals surface area contributed by atoms with Crippen molar-refractivity contribution in [3.63, 3.8) is 0 Å². The quantitative estimate of drug-likeness (QED) is 0.472. The van der Waals surface area contributed by atoms with Crippen LogP contribution in [0.2, 0.25) is 18.1 Å². The van der Waals surface area contributed by atoms with E-state index in [1.54, 1.807) is 0 Å². The molecule has 1 aliphatic heterocycles. The van der Waals surface area contributed by atoms with Gasteiger partial charge in [-0.05, 0) is 62.1 Å². The Hall–Kier alpha value is -0.883. The highest BCUT2D eigenvalue weighted by molar-refractivity contribution is 6.74. The zero-order chi connectivity index (χ0) is 21.8. The molecule has 0 radical (unpaired) electrons. The number of cyclic esters (lactones) is 1. The molecule has 29 heavy (non-hydrogen) atoms. The summed E-state index contributed by atoms with van der Waals surface area (Å²) in [5.74, 6) is -0.378. The van der Waals surface area contributed by atoms with Crippen molar-refractivity contribution < 1.29 is 23.5 Å². The van der Waals surface area contributed by atoms with Gasteiger partial charge in [0.1, 0.15) is 0 Å². The van der Waals surface area contributed by atoms with E-state index in [1.165, 1.54) is 0 Å². The Morgan fingerprint density at radius 2 is 1.86 bits per heavy atom. The SMILES string of the molecule is CCOC(=O)[C@]12C[C@@H](O[Si](C)(C)C(C)(C)C)CC(C)(C)[C@@H]1CC[C@@H]1C(=O)OC[C@@H]12. The van der Waals surface area contributed by atoms with Crippen molar-refractivity contribution in [3.8, 4) is 0 Å². The summed E-state index contributed by atoms with van der Waals surface area (Å²) in [5.41, 5.74) is -0.755. The van der Waals surface area contributed by atoms with Crippen LogP contribution in [-0.2, 0) is 23.5 Å². The van der Waals surface area contributed by atoms with E-state index >= 15 is 0 Å². The molecule has 0 bridgehead atoms. The maximum Gasteiger partial charge on any atom is 0.312 e. The third-order valence-electron chi connectivity index (χ3n) is 8.43. The number of carbonyl (C=O) groups excluding carboxylic acids is 2. The molecule has 0 aromatic carbocycles. The predicted molar refractivity (Wildman–Crippen MR) is 115 cm³/mol. The van der Waals surface area contributed by atoms with Crippen molar-refractivity contribution in [3.05, 3.63) is 0 Å². The number of ether oxygens (including phenoxy) is 2. The molecule has 0 unspecified atom stereocenters. The first-order valence-corrected chi connectivity index (χ1v) is 14.2. The summed E-state index contributed by atoms with van der Waals surface area (Å²) in [7, 11) is -1.99. The number of esters is 2. The first-order chi connectivity index (χ1) is 13.3. The topological polar surface area (TPSA) is 61.8 Å². The first-order valence-electron chi connectivity index (χ1n) is 11.3. The minimum absolute atomic E-state index is 0.000926. The molecule has 0 amide bonds. The lowest BCUT2D eigenvalue weighted by molar-refractivity contribution is -0.191. The van der Waals surface area contributed by atoms with Crippen LogP contribution in [0.1, 0.15) is 67.2 Å². The van der Waals surface area contributed by atoms with E-state index in [0.717, 1.165) is 19.3 Å². The van der Waals surface area contributed by atoms with Gasteiger partial charge in [0.15, 0.2) is 8.32 Å². The minimum Gasteiger partial charge on any atom is -0.466 e. The molecular formula is C23H40O5Si. The van der Waals surface area contributed by atoms with E-state index in [4.69, 9.17) is 13.9 Å². The van der Waals surface area contributed by atoms with Crippen LogP contribution in [0.4, 0.5) is 0 Å². The Balaban J connectivity index is 2.03. The predicted octanol–water partition coefficient (Wildman–Crippen LogP) is 4.95. The van der Waals surface area contributed by atoms with Crippen LogP contribution in [0.5, 0.6) is 0 Å². The lowest BCUT2D eigenvalue weighted by Crippen LogP contribution is -2.62. The minimum atomic E-state index is -1.99. The molecule has 3 aliphatic rings. The summed E-state index contributed by atoms with van der Waals surface area (Å²) in [4.78, 5) is 26.0. The normalized spacial score (nSPS) is 36.8. The van der Waals surface area contributed by atoms with Crippen molar-refractivity contribution in [2.75, 3.05) is 13.2 Å². The van der Waals surface area contributed by atoms with Gasteiger partial charge in [-0.15, -0.1) is 0 Å². The van der Waals surface area contributed by atoms with Gasteiger partial charge in [0.2, 0.25) is 0 Å². The Morgan fingerprint density at radius 3 is 2.45 bits per heavy atom. The van der Waals surface area contributed by atoms with E-state index in [2.05, 4.69) is 47.7 Å². The van der Waals surface area contributed by atoms with E-state index < -0.39 is 13.7 Å². The van der Waals surface area contributed by atoms with Crippen LogP contribution < -0.4 is 0 Å². The third-order valence-corrected chi connectivity index (χ3v) is 13.0. The summed E-state index contributed by atoms with van der Waals surface area (Å²) in [5, 5.41) is 0.104. The van der Waals surface area contributed by atoms with Crippen molar-refractivity contribution in [2.45, 2.75) is 91.5 Å². The lowest BCUT2D eigenvalue weighted by Gasteiger charge is -2.59. The summed E-state index contributed by atoms with van der Waals surface area (Å²) in [6.45, 7) is 18.4. The highest BCUT2D eigenvalue weighted by Gasteiger charge is 2.67. The summed E-state index contributed by atoms with van der Waals surface area (Å²) in [6, 6.07) is 0. The van der Waals surface area contributed by atoms with Crippen molar-refractivity contribution in [1.82, 2.24) is 0 Å². The molecule has 0 N–H and O–H groups in total. The van der Waals surface area contributed by atoms with Crippen LogP contribution in [-0.4, -0.2) is 39.6 Å². The summed E-state index contributed by atoms with van der Waals surface area (Å²) in [6.07, 6.45) is 3.27. The highest BCUT2D eigenvalue weighted by Crippen LogP contribution is 2.64. The molecule has 3 rings (SSSR count). The molecule has 6 heteroatoms. The first kappa shape index (κ1) is 22.8.